The third kappa shape index (κ3) is 7.55. The zero-order valence-corrected chi connectivity index (χ0v) is 34.8. The Bertz CT molecular complexity index is 1860. The third-order valence-electron chi connectivity index (χ3n) is 11.3. The highest BCUT2D eigenvalue weighted by atomic mass is 79.9. The molecule has 0 radical (unpaired) electrons. The van der Waals surface area contributed by atoms with Gasteiger partial charge < -0.3 is 31.0 Å². The summed E-state index contributed by atoms with van der Waals surface area (Å²) in [5.74, 6) is 1.60. The number of halogens is 6. The molecule has 4 nitrogen and oxygen atoms in total. The summed E-state index contributed by atoms with van der Waals surface area (Å²) in [4.78, 5) is 4.82. The van der Waals surface area contributed by atoms with Crippen LogP contribution in [-0.2, 0) is 12.7 Å². The van der Waals surface area contributed by atoms with Crippen molar-refractivity contribution in [3.63, 3.8) is 0 Å². The van der Waals surface area contributed by atoms with E-state index in [0.717, 1.165) is 75.8 Å². The van der Waals surface area contributed by atoms with Crippen LogP contribution in [0.15, 0.2) is 88.3 Å². The summed E-state index contributed by atoms with van der Waals surface area (Å²) < 4.78 is 49.2. The van der Waals surface area contributed by atoms with Crippen molar-refractivity contribution in [3.05, 3.63) is 105 Å². The Kier molecular flexibility index (Phi) is 11.3. The van der Waals surface area contributed by atoms with Crippen LogP contribution in [0.5, 0.6) is 5.75 Å². The number of nitrogens with zero attached hydrogens (tertiary/aromatic N) is 2. The molecular weight excluding hydrogens is 853 g/mol. The predicted octanol–water partition coefficient (Wildman–Crippen LogP) is 8.48. The smallest absolute Gasteiger partial charge is 0.416 e. The molecule has 0 unspecified atom stereocenters. The Labute approximate surface area is 321 Å². The minimum Gasteiger partial charge on any atom is -1.00 e. The third-order valence-corrected chi connectivity index (χ3v) is 16.8. The van der Waals surface area contributed by atoms with Gasteiger partial charge in [-0.15, -0.1) is 6.58 Å². The molecule has 0 spiro atoms. The molecule has 268 valence electrons. The lowest BCUT2D eigenvalue weighted by Gasteiger charge is -2.58. The summed E-state index contributed by atoms with van der Waals surface area (Å²) in [6.45, 7) is 17.9. The zero-order valence-electron chi connectivity index (χ0n) is 29.0. The van der Waals surface area contributed by atoms with Gasteiger partial charge in [-0.2, -0.15) is 13.2 Å². The second-order valence-corrected chi connectivity index (χ2v) is 21.9. The fourth-order valence-electron chi connectivity index (χ4n) is 7.59. The van der Waals surface area contributed by atoms with E-state index in [1.807, 2.05) is 30.3 Å². The Hall–Kier alpha value is -2.02. The average Bonchev–Trinajstić information content (AvgIpc) is 3.04. The van der Waals surface area contributed by atoms with Gasteiger partial charge in [-0.25, -0.2) is 4.98 Å². The first-order valence-corrected chi connectivity index (χ1v) is 21.3. The van der Waals surface area contributed by atoms with Gasteiger partial charge in [0.15, 0.2) is 0 Å². The summed E-state index contributed by atoms with van der Waals surface area (Å²) in [5, 5.41) is 13.4. The molecule has 3 aromatic carbocycles. The number of hydrogen-bond donors (Lipinski definition) is 1. The van der Waals surface area contributed by atoms with Crippen LogP contribution in [0.25, 0.3) is 22.2 Å². The van der Waals surface area contributed by atoms with E-state index in [1.54, 1.807) is 0 Å². The van der Waals surface area contributed by atoms with Gasteiger partial charge in [0.2, 0.25) is 0 Å². The normalized spacial score (nSPS) is 23.0. The summed E-state index contributed by atoms with van der Waals surface area (Å²) in [7, 11) is -2.09. The van der Waals surface area contributed by atoms with Crippen LogP contribution in [0.1, 0.15) is 56.4 Å². The van der Waals surface area contributed by atoms with E-state index < -0.39 is 26.2 Å². The quantitative estimate of drug-likeness (QED) is 0.110. The molecule has 7 rings (SSSR count). The summed E-state index contributed by atoms with van der Waals surface area (Å²) >= 11 is 7.67. The molecule has 3 aliphatic heterocycles. The van der Waals surface area contributed by atoms with Crippen LogP contribution < -0.4 is 21.4 Å². The minimum atomic E-state index is -4.42. The molecule has 1 aromatic heterocycles. The number of para-hydroxylation sites is 1. The van der Waals surface area contributed by atoms with E-state index in [0.29, 0.717) is 33.1 Å². The maximum Gasteiger partial charge on any atom is 0.416 e. The van der Waals surface area contributed by atoms with Crippen molar-refractivity contribution < 1.29 is 44.2 Å². The summed E-state index contributed by atoms with van der Waals surface area (Å²) in [5.41, 5.74) is 3.01. The van der Waals surface area contributed by atoms with E-state index in [9.17, 15) is 18.3 Å². The topological polar surface area (TPSA) is 42.4 Å². The van der Waals surface area contributed by atoms with Crippen molar-refractivity contribution in [3.8, 4) is 17.0 Å². The lowest BCUT2D eigenvalue weighted by molar-refractivity contribution is -0.984. The van der Waals surface area contributed by atoms with Gasteiger partial charge in [0, 0.05) is 35.3 Å². The highest BCUT2D eigenvalue weighted by molar-refractivity contribution is 9.11. The first kappa shape index (κ1) is 39.2. The van der Waals surface area contributed by atoms with Crippen LogP contribution in [-0.4, -0.2) is 42.0 Å². The number of aliphatic hydroxyl groups excluding tert-OH is 1. The van der Waals surface area contributed by atoms with Gasteiger partial charge in [0.1, 0.15) is 24.4 Å². The Morgan fingerprint density at radius 2 is 1.68 bits per heavy atom. The van der Waals surface area contributed by atoms with Gasteiger partial charge >= 0.3 is 6.18 Å². The van der Waals surface area contributed by atoms with Crippen LogP contribution in [0, 0.1) is 11.8 Å². The number of rotatable bonds is 8. The van der Waals surface area contributed by atoms with Crippen LogP contribution in [0.3, 0.4) is 0 Å². The number of alkyl halides is 3. The summed E-state index contributed by atoms with van der Waals surface area (Å²) in [6.07, 6.45) is -1.24. The molecule has 0 saturated carbocycles. The predicted molar refractivity (Wildman–Crippen MR) is 201 cm³/mol. The highest BCUT2D eigenvalue weighted by Gasteiger charge is 2.54. The van der Waals surface area contributed by atoms with E-state index in [1.165, 1.54) is 12.1 Å². The fourth-order valence-corrected chi connectivity index (χ4v) is 10.4. The van der Waals surface area contributed by atoms with Crippen LogP contribution >= 0.6 is 31.9 Å². The Balaban J connectivity index is 0.00000486. The molecule has 4 heterocycles. The van der Waals surface area contributed by atoms with Gasteiger partial charge in [-0.1, -0.05) is 57.2 Å². The SMILES string of the molecule is C=C[C@H]1C[N@+]2(Cc3cc(Br)c(O[Si](C)(C)C(C)(C)C)c(Br)c3)CC[C@H]1C[C@@H]2[C@@H](O)c1cc(-c2ccc(C(F)(F)F)cc2)nc2ccccc12.[Br-]. The fraction of sp³-hybridized carbons (Fsp3) is 0.410. The number of pyridine rings is 1. The molecular formula is C39H44Br3F3N2O2Si. The largest absolute Gasteiger partial charge is 1.00 e. The molecule has 11 heteroatoms. The van der Waals surface area contributed by atoms with Crippen molar-refractivity contribution in [1.82, 2.24) is 4.98 Å². The monoisotopic (exact) mass is 894 g/mol. The van der Waals surface area contributed by atoms with Crippen molar-refractivity contribution in [2.45, 2.75) is 76.6 Å². The lowest BCUT2D eigenvalue weighted by Crippen LogP contribution is -3.00. The van der Waals surface area contributed by atoms with E-state index in [4.69, 9.17) is 9.41 Å². The molecule has 0 aliphatic carbocycles. The standard InChI is InChI=1S/C39H44Br2F3N2O2Si.BrH/c1-7-25-23-46(22-24-18-31(40)37(32(41)19-24)48-49(5,6)38(2,3)4)17-16-27(25)20-35(46)36(47)30-21-34(45-33-11-9-8-10-29(30)33)26-12-14-28(15-13-26)39(42,43)44;/h7-15,18-19,21,25,27,35-36,47H,1,16-17,20,22-23H2,2-6H3;1H/q+1;/p-1/t25-,27-,35+,36-,46+;/m0./s1. The number of aliphatic hydroxyl groups is 1. The maximum absolute atomic E-state index is 13.3. The molecule has 4 aromatic rings. The van der Waals surface area contributed by atoms with E-state index in [2.05, 4.69) is 90.5 Å². The molecule has 3 saturated heterocycles. The van der Waals surface area contributed by atoms with Gasteiger partial charge in [0.25, 0.3) is 8.32 Å². The van der Waals surface area contributed by atoms with Crippen molar-refractivity contribution >= 4 is 51.1 Å². The molecule has 3 fully saturated rings. The lowest BCUT2D eigenvalue weighted by atomic mass is 9.71. The number of aromatic nitrogens is 1. The minimum absolute atomic E-state index is 0. The molecule has 0 amide bonds. The second-order valence-electron chi connectivity index (χ2n) is 15.4. The first-order valence-electron chi connectivity index (χ1n) is 16.8. The Morgan fingerprint density at radius 1 is 1.04 bits per heavy atom. The van der Waals surface area contributed by atoms with Gasteiger partial charge in [0.05, 0.1) is 38.8 Å². The van der Waals surface area contributed by atoms with Crippen molar-refractivity contribution in [2.24, 2.45) is 11.8 Å². The van der Waals surface area contributed by atoms with Crippen LogP contribution in [0.4, 0.5) is 13.2 Å². The van der Waals surface area contributed by atoms with Crippen LogP contribution in [0.2, 0.25) is 18.1 Å². The first-order chi connectivity index (χ1) is 22.9. The van der Waals surface area contributed by atoms with Gasteiger partial charge in [-0.05, 0) is 97.9 Å². The molecule has 3 aliphatic rings. The van der Waals surface area contributed by atoms with Crippen molar-refractivity contribution in [1.29, 1.82) is 0 Å². The van der Waals surface area contributed by atoms with Crippen molar-refractivity contribution in [2.75, 3.05) is 13.1 Å². The maximum atomic E-state index is 13.3. The highest BCUT2D eigenvalue weighted by Crippen LogP contribution is 2.49. The molecule has 1 N–H and O–H groups in total. The number of piperidine rings is 3. The zero-order chi connectivity index (χ0) is 35.5. The number of quaternary nitrogens is 1. The average molecular weight is 898 g/mol. The summed E-state index contributed by atoms with van der Waals surface area (Å²) in [6, 6.07) is 18.9. The molecule has 5 atom stereocenters. The Morgan fingerprint density at radius 3 is 2.28 bits per heavy atom. The second kappa shape index (κ2) is 14.4. The number of benzene rings is 3. The molecule has 2 bridgehead atoms. The van der Waals surface area contributed by atoms with E-state index >= 15 is 0 Å². The number of hydrogen-bond acceptors (Lipinski definition) is 3. The van der Waals surface area contributed by atoms with E-state index in [-0.39, 0.29) is 28.1 Å². The van der Waals surface area contributed by atoms with Gasteiger partial charge in [-0.3, -0.25) is 0 Å². The number of fused-ring (bicyclic) bond motifs is 4. The molecule has 50 heavy (non-hydrogen) atoms.